The number of benzene rings is 1. The summed E-state index contributed by atoms with van der Waals surface area (Å²) in [5.74, 6) is -2.17. The zero-order chi connectivity index (χ0) is 18.5. The first-order valence-electron chi connectivity index (χ1n) is 8.37. The Morgan fingerprint density at radius 1 is 0.960 bits per heavy atom. The summed E-state index contributed by atoms with van der Waals surface area (Å²) in [5, 5.41) is 0. The highest BCUT2D eigenvalue weighted by Gasteiger charge is 2.27. The van der Waals surface area contributed by atoms with Gasteiger partial charge in [-0.25, -0.2) is 0 Å². The van der Waals surface area contributed by atoms with Gasteiger partial charge in [0.1, 0.15) is 11.7 Å². The molecular weight excluding hydrogens is 324 g/mol. The quantitative estimate of drug-likeness (QED) is 0.328. The van der Waals surface area contributed by atoms with Crippen LogP contribution in [0.3, 0.4) is 0 Å². The van der Waals surface area contributed by atoms with Gasteiger partial charge in [-0.3, -0.25) is 14.4 Å². The number of rotatable bonds is 12. The van der Waals surface area contributed by atoms with E-state index in [9.17, 15) is 14.4 Å². The monoisotopic (exact) mass is 350 g/mol. The first-order valence-corrected chi connectivity index (χ1v) is 8.37. The van der Waals surface area contributed by atoms with E-state index >= 15 is 0 Å². The van der Waals surface area contributed by atoms with Crippen molar-refractivity contribution >= 4 is 17.7 Å². The zero-order valence-electron chi connectivity index (χ0n) is 14.9. The van der Waals surface area contributed by atoms with E-state index in [1.165, 1.54) is 14.2 Å². The van der Waals surface area contributed by atoms with Crippen molar-refractivity contribution in [3.8, 4) is 0 Å². The van der Waals surface area contributed by atoms with Gasteiger partial charge in [-0.2, -0.15) is 0 Å². The average Bonchev–Trinajstić information content (AvgIpc) is 2.64. The summed E-state index contributed by atoms with van der Waals surface area (Å²) in [7, 11) is 2.50. The Morgan fingerprint density at radius 2 is 1.68 bits per heavy atom. The maximum absolute atomic E-state index is 12.2. The predicted octanol–water partition coefficient (Wildman–Crippen LogP) is 2.69. The minimum atomic E-state index is -0.908. The zero-order valence-corrected chi connectivity index (χ0v) is 14.9. The summed E-state index contributed by atoms with van der Waals surface area (Å²) in [6, 6.07) is 9.85. The lowest BCUT2D eigenvalue weighted by Crippen LogP contribution is -2.26. The number of Topliss-reactive ketones (excluding diaryl/α,β-unsaturated/α-hetero) is 1. The second-order valence-electron chi connectivity index (χ2n) is 5.65. The third kappa shape index (κ3) is 8.44. The minimum absolute atomic E-state index is 0.0161. The van der Waals surface area contributed by atoms with E-state index in [0.29, 0.717) is 19.6 Å². The Morgan fingerprint density at radius 3 is 2.32 bits per heavy atom. The largest absolute Gasteiger partial charge is 0.469 e. The molecule has 0 amide bonds. The fourth-order valence-electron chi connectivity index (χ4n) is 2.36. The van der Waals surface area contributed by atoms with Gasteiger partial charge in [0.2, 0.25) is 0 Å². The third-order valence-corrected chi connectivity index (χ3v) is 3.81. The molecule has 1 atom stereocenters. The van der Waals surface area contributed by atoms with Crippen LogP contribution in [-0.4, -0.2) is 38.5 Å². The molecule has 0 aliphatic carbocycles. The molecule has 1 aromatic rings. The highest BCUT2D eigenvalue weighted by molar-refractivity contribution is 5.99. The molecule has 0 radical (unpaired) electrons. The molecule has 0 unspecified atom stereocenters. The Hall–Kier alpha value is -2.21. The number of carbonyl (C=O) groups excluding carboxylic acids is 3. The van der Waals surface area contributed by atoms with Gasteiger partial charge in [0.25, 0.3) is 0 Å². The van der Waals surface area contributed by atoms with Crippen LogP contribution < -0.4 is 0 Å². The predicted molar refractivity (Wildman–Crippen MR) is 91.7 cm³/mol. The smallest absolute Gasteiger partial charge is 0.316 e. The fraction of sp³-hybridized carbons (Fsp3) is 0.526. The van der Waals surface area contributed by atoms with E-state index in [1.807, 2.05) is 30.3 Å². The summed E-state index contributed by atoms with van der Waals surface area (Å²) in [6.45, 7) is 1.09. The molecule has 0 fully saturated rings. The van der Waals surface area contributed by atoms with E-state index in [1.54, 1.807) is 0 Å². The van der Waals surface area contributed by atoms with Crippen LogP contribution in [0.5, 0.6) is 0 Å². The molecule has 25 heavy (non-hydrogen) atoms. The van der Waals surface area contributed by atoms with Gasteiger partial charge < -0.3 is 14.2 Å². The Bertz CT molecular complexity index is 540. The number of hydrogen-bond acceptors (Lipinski definition) is 6. The van der Waals surface area contributed by atoms with Crippen LogP contribution in [0.15, 0.2) is 30.3 Å². The molecule has 0 aliphatic heterocycles. The van der Waals surface area contributed by atoms with Crippen molar-refractivity contribution in [3.05, 3.63) is 35.9 Å². The molecule has 1 rings (SSSR count). The fourth-order valence-corrected chi connectivity index (χ4v) is 2.36. The van der Waals surface area contributed by atoms with Gasteiger partial charge in [-0.05, 0) is 24.8 Å². The van der Waals surface area contributed by atoms with Gasteiger partial charge in [-0.15, -0.1) is 0 Å². The third-order valence-electron chi connectivity index (χ3n) is 3.81. The van der Waals surface area contributed by atoms with Gasteiger partial charge in [-0.1, -0.05) is 30.3 Å². The maximum Gasteiger partial charge on any atom is 0.316 e. The number of carbonyl (C=O) groups is 3. The minimum Gasteiger partial charge on any atom is -0.469 e. The highest BCUT2D eigenvalue weighted by Crippen LogP contribution is 2.15. The van der Waals surface area contributed by atoms with E-state index in [0.717, 1.165) is 12.0 Å². The number of ketones is 1. The van der Waals surface area contributed by atoms with Crippen LogP contribution >= 0.6 is 0 Å². The molecule has 6 heteroatoms. The van der Waals surface area contributed by atoms with Crippen molar-refractivity contribution in [2.45, 2.75) is 38.7 Å². The van der Waals surface area contributed by atoms with Crippen molar-refractivity contribution in [1.29, 1.82) is 0 Å². The van der Waals surface area contributed by atoms with E-state index in [4.69, 9.17) is 4.74 Å². The Labute approximate surface area is 148 Å². The molecular formula is C19H26O6. The van der Waals surface area contributed by atoms with Crippen LogP contribution in [0, 0.1) is 5.92 Å². The molecule has 0 bridgehead atoms. The van der Waals surface area contributed by atoms with E-state index in [2.05, 4.69) is 9.47 Å². The molecule has 0 heterocycles. The SMILES string of the molecule is COC(=O)CC[C@H](C(=O)CCCCOCc1ccccc1)C(=O)OC. The Balaban J connectivity index is 2.26. The molecule has 1 aromatic carbocycles. The number of methoxy groups -OCH3 is 2. The molecule has 0 saturated heterocycles. The molecule has 0 spiro atoms. The van der Waals surface area contributed by atoms with E-state index in [-0.39, 0.29) is 25.0 Å². The standard InChI is InChI=1S/C19H26O6/c1-23-18(21)12-11-16(19(22)24-2)17(20)10-6-7-13-25-14-15-8-4-3-5-9-15/h3-5,8-9,16H,6-7,10-14H2,1-2H3/t16-/m1/s1. The first kappa shape index (κ1) is 20.8. The second kappa shape index (κ2) is 12.2. The molecule has 0 aromatic heterocycles. The Kier molecular flexibility index (Phi) is 10.2. The average molecular weight is 350 g/mol. The highest BCUT2D eigenvalue weighted by atomic mass is 16.5. The van der Waals surface area contributed by atoms with Crippen molar-refractivity contribution in [2.75, 3.05) is 20.8 Å². The second-order valence-corrected chi connectivity index (χ2v) is 5.65. The topological polar surface area (TPSA) is 78.9 Å². The summed E-state index contributed by atoms with van der Waals surface area (Å²) < 4.78 is 14.8. The molecule has 0 aliphatic rings. The summed E-state index contributed by atoms with van der Waals surface area (Å²) >= 11 is 0. The lowest BCUT2D eigenvalue weighted by molar-refractivity contribution is -0.150. The first-order chi connectivity index (χ1) is 12.1. The van der Waals surface area contributed by atoms with Crippen LogP contribution in [0.2, 0.25) is 0 Å². The summed E-state index contributed by atoms with van der Waals surface area (Å²) in [5.41, 5.74) is 1.10. The summed E-state index contributed by atoms with van der Waals surface area (Å²) in [6.07, 6.45) is 1.74. The normalized spacial score (nSPS) is 11.6. The molecule has 0 N–H and O–H groups in total. The lowest BCUT2D eigenvalue weighted by atomic mass is 9.95. The summed E-state index contributed by atoms with van der Waals surface area (Å²) in [4.78, 5) is 35.1. The van der Waals surface area contributed by atoms with Crippen molar-refractivity contribution in [1.82, 2.24) is 0 Å². The maximum atomic E-state index is 12.2. The number of hydrogen-bond donors (Lipinski definition) is 0. The molecule has 138 valence electrons. The van der Waals surface area contributed by atoms with Gasteiger partial charge in [0.15, 0.2) is 0 Å². The van der Waals surface area contributed by atoms with E-state index < -0.39 is 17.9 Å². The number of ether oxygens (including phenoxy) is 3. The molecule has 6 nitrogen and oxygen atoms in total. The van der Waals surface area contributed by atoms with Crippen molar-refractivity contribution < 1.29 is 28.6 Å². The van der Waals surface area contributed by atoms with Crippen LogP contribution in [0.4, 0.5) is 0 Å². The van der Waals surface area contributed by atoms with Gasteiger partial charge in [0.05, 0.1) is 20.8 Å². The van der Waals surface area contributed by atoms with Gasteiger partial charge in [0, 0.05) is 19.4 Å². The van der Waals surface area contributed by atoms with Crippen LogP contribution in [0.1, 0.15) is 37.7 Å². The lowest BCUT2D eigenvalue weighted by Gasteiger charge is -2.13. The van der Waals surface area contributed by atoms with Crippen molar-refractivity contribution in [3.63, 3.8) is 0 Å². The van der Waals surface area contributed by atoms with Crippen LogP contribution in [0.25, 0.3) is 0 Å². The molecule has 0 saturated carbocycles. The van der Waals surface area contributed by atoms with Crippen molar-refractivity contribution in [2.24, 2.45) is 5.92 Å². The number of esters is 2. The van der Waals surface area contributed by atoms with Gasteiger partial charge >= 0.3 is 11.9 Å². The number of unbranched alkanes of at least 4 members (excludes halogenated alkanes) is 1. The van der Waals surface area contributed by atoms with Crippen LogP contribution in [-0.2, 0) is 35.2 Å².